The molecule has 6 heteroatoms. The molecule has 1 heterocycles. The fourth-order valence-corrected chi connectivity index (χ4v) is 3.00. The van der Waals surface area contributed by atoms with Gasteiger partial charge in [0.2, 0.25) is 5.91 Å². The van der Waals surface area contributed by atoms with Gasteiger partial charge in [0.15, 0.2) is 0 Å². The Balaban J connectivity index is 1.86. The lowest BCUT2D eigenvalue weighted by Crippen LogP contribution is -2.55. The molecule has 25 heavy (non-hydrogen) atoms. The first-order chi connectivity index (χ1) is 12.1. The van der Waals surface area contributed by atoms with Gasteiger partial charge in [-0.2, -0.15) is 0 Å². The fraction of sp³-hybridized carbons (Fsp3) is 0.579. The minimum Gasteiger partial charge on any atom is -0.445 e. The van der Waals surface area contributed by atoms with Crippen molar-refractivity contribution in [2.75, 3.05) is 26.3 Å². The highest BCUT2D eigenvalue weighted by Gasteiger charge is 2.46. The zero-order valence-electron chi connectivity index (χ0n) is 15.1. The monoisotopic (exact) mass is 348 g/mol. The van der Waals surface area contributed by atoms with Gasteiger partial charge in [0.25, 0.3) is 0 Å². The normalized spacial score (nSPS) is 19.7. The second kappa shape index (κ2) is 9.42. The molecule has 1 unspecified atom stereocenters. The minimum absolute atomic E-state index is 0.127. The molecule has 2 amide bonds. The number of carbonyl (C=O) groups is 2. The van der Waals surface area contributed by atoms with E-state index in [-0.39, 0.29) is 12.5 Å². The molecule has 2 rings (SSSR count). The summed E-state index contributed by atoms with van der Waals surface area (Å²) in [5.41, 5.74) is 0.0801. The molecule has 1 aliphatic rings. The fourth-order valence-electron chi connectivity index (χ4n) is 3.00. The molecule has 1 fully saturated rings. The van der Waals surface area contributed by atoms with E-state index in [9.17, 15) is 9.59 Å². The summed E-state index contributed by atoms with van der Waals surface area (Å²) >= 11 is 0. The van der Waals surface area contributed by atoms with Gasteiger partial charge in [-0.1, -0.05) is 30.3 Å². The average Bonchev–Trinajstić information content (AvgIpc) is 3.03. The summed E-state index contributed by atoms with van der Waals surface area (Å²) in [6.07, 6.45) is 1.76. The van der Waals surface area contributed by atoms with Crippen LogP contribution in [0.5, 0.6) is 0 Å². The van der Waals surface area contributed by atoms with Gasteiger partial charge in [-0.3, -0.25) is 9.69 Å². The molecule has 1 atom stereocenters. The molecule has 6 nitrogen and oxygen atoms in total. The van der Waals surface area contributed by atoms with Gasteiger partial charge in [0.05, 0.1) is 0 Å². The summed E-state index contributed by atoms with van der Waals surface area (Å²) in [7, 11) is 0. The van der Waals surface area contributed by atoms with Crippen molar-refractivity contribution in [1.29, 1.82) is 0 Å². The molecule has 0 spiro atoms. The number of benzene rings is 1. The van der Waals surface area contributed by atoms with Crippen molar-refractivity contribution in [1.82, 2.24) is 10.2 Å². The van der Waals surface area contributed by atoms with Crippen molar-refractivity contribution in [2.45, 2.75) is 45.3 Å². The Labute approximate surface area is 149 Å². The van der Waals surface area contributed by atoms with Crippen molar-refractivity contribution in [3.05, 3.63) is 35.9 Å². The van der Waals surface area contributed by atoms with E-state index in [1.54, 1.807) is 4.90 Å². The summed E-state index contributed by atoms with van der Waals surface area (Å²) in [6, 6.07) is 9.53. The number of ether oxygens (including phenoxy) is 2. The van der Waals surface area contributed by atoms with Crippen LogP contribution in [0.25, 0.3) is 0 Å². The van der Waals surface area contributed by atoms with E-state index in [4.69, 9.17) is 9.47 Å². The molecule has 1 aliphatic heterocycles. The Morgan fingerprint density at radius 3 is 2.76 bits per heavy atom. The molecule has 1 aromatic carbocycles. The van der Waals surface area contributed by atoms with Crippen molar-refractivity contribution in [3.63, 3.8) is 0 Å². The summed E-state index contributed by atoms with van der Waals surface area (Å²) in [4.78, 5) is 26.6. The third kappa shape index (κ3) is 5.19. The number of hydrogen-bond acceptors (Lipinski definition) is 4. The number of nitrogens with zero attached hydrogens (tertiary/aromatic N) is 1. The van der Waals surface area contributed by atoms with Crippen molar-refractivity contribution < 1.29 is 19.1 Å². The van der Waals surface area contributed by atoms with Gasteiger partial charge < -0.3 is 14.8 Å². The highest BCUT2D eigenvalue weighted by atomic mass is 16.6. The first-order valence-electron chi connectivity index (χ1n) is 8.92. The Morgan fingerprint density at radius 2 is 2.04 bits per heavy atom. The van der Waals surface area contributed by atoms with Gasteiger partial charge in [-0.05, 0) is 38.7 Å². The Bertz CT molecular complexity index is 564. The standard InChI is InChI=1S/C19H28N2O4/c1-3-24-14-8-12-20-17(22)19(2)11-7-13-21(19)18(23)25-15-16-9-5-4-6-10-16/h4-6,9-10H,3,7-8,11-15H2,1-2H3,(H,20,22). The maximum atomic E-state index is 12.6. The summed E-state index contributed by atoms with van der Waals surface area (Å²) < 4.78 is 10.7. The van der Waals surface area contributed by atoms with E-state index >= 15 is 0 Å². The van der Waals surface area contributed by atoms with Crippen LogP contribution in [0.2, 0.25) is 0 Å². The molecule has 138 valence electrons. The number of likely N-dealkylation sites (tertiary alicyclic amines) is 1. The van der Waals surface area contributed by atoms with Gasteiger partial charge in [-0.15, -0.1) is 0 Å². The van der Waals surface area contributed by atoms with E-state index in [2.05, 4.69) is 5.32 Å². The zero-order valence-corrected chi connectivity index (χ0v) is 15.1. The van der Waals surface area contributed by atoms with E-state index < -0.39 is 11.6 Å². The molecule has 1 N–H and O–H groups in total. The Hall–Kier alpha value is -2.08. The second-order valence-electron chi connectivity index (χ2n) is 6.38. The molecular formula is C19H28N2O4. The highest BCUT2D eigenvalue weighted by molar-refractivity contribution is 5.90. The smallest absolute Gasteiger partial charge is 0.410 e. The summed E-state index contributed by atoms with van der Waals surface area (Å²) in [5.74, 6) is -0.127. The van der Waals surface area contributed by atoms with E-state index in [1.807, 2.05) is 44.2 Å². The van der Waals surface area contributed by atoms with Crippen LogP contribution in [0.3, 0.4) is 0 Å². The van der Waals surface area contributed by atoms with Crippen LogP contribution in [-0.2, 0) is 20.9 Å². The molecule has 0 saturated carbocycles. The quantitative estimate of drug-likeness (QED) is 0.734. The summed E-state index contributed by atoms with van der Waals surface area (Å²) in [5, 5.41) is 2.91. The summed E-state index contributed by atoms with van der Waals surface area (Å²) in [6.45, 7) is 6.34. The molecule has 0 radical (unpaired) electrons. The van der Waals surface area contributed by atoms with Gasteiger partial charge in [0.1, 0.15) is 12.1 Å². The van der Waals surface area contributed by atoms with E-state index in [0.29, 0.717) is 32.7 Å². The number of hydrogen-bond donors (Lipinski definition) is 1. The topological polar surface area (TPSA) is 67.9 Å². The lowest BCUT2D eigenvalue weighted by atomic mass is 9.98. The highest BCUT2D eigenvalue weighted by Crippen LogP contribution is 2.30. The third-order valence-electron chi connectivity index (χ3n) is 4.51. The van der Waals surface area contributed by atoms with Gasteiger partial charge >= 0.3 is 6.09 Å². The molecule has 0 aromatic heterocycles. The number of carbonyl (C=O) groups excluding carboxylic acids is 2. The lowest BCUT2D eigenvalue weighted by Gasteiger charge is -2.33. The van der Waals surface area contributed by atoms with E-state index in [0.717, 1.165) is 18.4 Å². The lowest BCUT2D eigenvalue weighted by molar-refractivity contribution is -0.130. The predicted octanol–water partition coefficient (Wildman–Crippen LogP) is 2.72. The van der Waals surface area contributed by atoms with Crippen LogP contribution in [0.1, 0.15) is 38.7 Å². The van der Waals surface area contributed by atoms with Crippen molar-refractivity contribution in [3.8, 4) is 0 Å². The SMILES string of the molecule is CCOCCCNC(=O)C1(C)CCCN1C(=O)OCc1ccccc1. The number of nitrogens with one attached hydrogen (secondary N) is 1. The Morgan fingerprint density at radius 1 is 1.28 bits per heavy atom. The van der Waals surface area contributed by atoms with Gasteiger partial charge in [0, 0.05) is 26.3 Å². The maximum absolute atomic E-state index is 12.6. The van der Waals surface area contributed by atoms with Crippen molar-refractivity contribution >= 4 is 12.0 Å². The molecule has 1 aromatic rings. The predicted molar refractivity (Wildman–Crippen MR) is 95.1 cm³/mol. The van der Waals surface area contributed by atoms with Crippen LogP contribution in [0.4, 0.5) is 4.79 Å². The molecule has 0 aliphatic carbocycles. The first kappa shape index (κ1) is 19.2. The maximum Gasteiger partial charge on any atom is 0.410 e. The van der Waals surface area contributed by atoms with Gasteiger partial charge in [-0.25, -0.2) is 4.79 Å². The third-order valence-corrected chi connectivity index (χ3v) is 4.51. The average molecular weight is 348 g/mol. The minimum atomic E-state index is -0.848. The zero-order chi connectivity index (χ0) is 18.1. The van der Waals surface area contributed by atoms with E-state index in [1.165, 1.54) is 0 Å². The first-order valence-corrected chi connectivity index (χ1v) is 8.92. The largest absolute Gasteiger partial charge is 0.445 e. The van der Waals surface area contributed by atoms with Crippen LogP contribution < -0.4 is 5.32 Å². The number of amides is 2. The molecule has 1 saturated heterocycles. The van der Waals surface area contributed by atoms with Crippen LogP contribution in [0, 0.1) is 0 Å². The molecule has 0 bridgehead atoms. The van der Waals surface area contributed by atoms with Crippen molar-refractivity contribution in [2.24, 2.45) is 0 Å². The molecular weight excluding hydrogens is 320 g/mol. The second-order valence-corrected chi connectivity index (χ2v) is 6.38. The van der Waals surface area contributed by atoms with Crippen LogP contribution in [0.15, 0.2) is 30.3 Å². The van der Waals surface area contributed by atoms with Crippen LogP contribution in [-0.4, -0.2) is 48.7 Å². The van der Waals surface area contributed by atoms with Crippen LogP contribution >= 0.6 is 0 Å². The number of rotatable bonds is 8. The Kier molecular flexibility index (Phi) is 7.25.